The Balaban J connectivity index is 1.32. The molecule has 2 amide bonds. The van der Waals surface area contributed by atoms with Gasteiger partial charge in [0.1, 0.15) is 35.2 Å². The molecular formula is C27H22N6O. The standard InChI is InChI=1S/C27H22N6O/c34-27(30-25-23(19-11-3-1-4-12-19)28-21-15-7-9-17-32(21)25)31-26-24(20-13-5-2-6-14-20)29-22-16-8-10-18-33(22)26/h1-18,23,25H,(H2,30,31,34). The van der Waals surface area contributed by atoms with Gasteiger partial charge < -0.3 is 10.2 Å². The van der Waals surface area contributed by atoms with Gasteiger partial charge in [-0.3, -0.25) is 14.7 Å². The zero-order chi connectivity index (χ0) is 22.9. The Bertz CT molecular complexity index is 1440. The summed E-state index contributed by atoms with van der Waals surface area (Å²) < 4.78 is 1.89. The first-order valence-corrected chi connectivity index (χ1v) is 11.1. The lowest BCUT2D eigenvalue weighted by Gasteiger charge is -2.28. The molecule has 4 aromatic rings. The summed E-state index contributed by atoms with van der Waals surface area (Å²) in [6, 6.07) is 25.1. The van der Waals surface area contributed by atoms with Crippen LogP contribution in [0.25, 0.3) is 16.9 Å². The molecule has 2 unspecified atom stereocenters. The number of rotatable bonds is 4. The second-order valence-electron chi connectivity index (χ2n) is 8.10. The molecule has 2 aliphatic rings. The number of pyridine rings is 1. The first kappa shape index (κ1) is 20.0. The summed E-state index contributed by atoms with van der Waals surface area (Å²) in [7, 11) is 0. The van der Waals surface area contributed by atoms with Crippen molar-refractivity contribution < 1.29 is 4.79 Å². The van der Waals surface area contributed by atoms with E-state index in [0.717, 1.165) is 22.6 Å². The third kappa shape index (κ3) is 3.53. The van der Waals surface area contributed by atoms with E-state index in [1.165, 1.54) is 0 Å². The van der Waals surface area contributed by atoms with Crippen molar-refractivity contribution in [3.05, 3.63) is 115 Å². The van der Waals surface area contributed by atoms with E-state index in [1.807, 2.05) is 119 Å². The van der Waals surface area contributed by atoms with E-state index in [9.17, 15) is 4.79 Å². The van der Waals surface area contributed by atoms with E-state index < -0.39 is 0 Å². The Kier molecular flexibility index (Phi) is 4.92. The van der Waals surface area contributed by atoms with E-state index in [0.29, 0.717) is 11.5 Å². The summed E-state index contributed by atoms with van der Waals surface area (Å²) >= 11 is 0. The number of fused-ring (bicyclic) bond motifs is 2. The molecule has 2 atom stereocenters. The van der Waals surface area contributed by atoms with Crippen molar-refractivity contribution in [2.75, 3.05) is 5.32 Å². The predicted molar refractivity (Wildman–Crippen MR) is 133 cm³/mol. The normalized spacial score (nSPS) is 18.6. The molecule has 7 heteroatoms. The van der Waals surface area contributed by atoms with Gasteiger partial charge in [0.15, 0.2) is 0 Å². The minimum atomic E-state index is -0.363. The van der Waals surface area contributed by atoms with Crippen LogP contribution < -0.4 is 10.6 Å². The van der Waals surface area contributed by atoms with Crippen molar-refractivity contribution >= 4 is 23.3 Å². The number of nitrogens with zero attached hydrogens (tertiary/aromatic N) is 4. The molecule has 2 aromatic heterocycles. The number of nitrogens with one attached hydrogen (secondary N) is 2. The van der Waals surface area contributed by atoms with Gasteiger partial charge in [0, 0.05) is 18.0 Å². The Morgan fingerprint density at radius 3 is 2.47 bits per heavy atom. The molecule has 2 aliphatic heterocycles. The van der Waals surface area contributed by atoms with Crippen molar-refractivity contribution in [1.82, 2.24) is 19.6 Å². The van der Waals surface area contributed by atoms with Crippen LogP contribution in [0.5, 0.6) is 0 Å². The zero-order valence-electron chi connectivity index (χ0n) is 18.2. The third-order valence-electron chi connectivity index (χ3n) is 5.97. The third-order valence-corrected chi connectivity index (χ3v) is 5.97. The molecule has 0 fully saturated rings. The topological polar surface area (TPSA) is 74.0 Å². The number of aromatic nitrogens is 2. The number of carbonyl (C=O) groups excluding carboxylic acids is 1. The molecule has 34 heavy (non-hydrogen) atoms. The van der Waals surface area contributed by atoms with Gasteiger partial charge in [0.2, 0.25) is 0 Å². The number of hydrogen-bond acceptors (Lipinski definition) is 4. The molecule has 0 bridgehead atoms. The molecule has 6 rings (SSSR count). The maximum absolute atomic E-state index is 13.4. The molecule has 0 saturated carbocycles. The maximum Gasteiger partial charge on any atom is 0.322 e. The Labute approximate surface area is 196 Å². The number of anilines is 1. The number of allylic oxidation sites excluding steroid dienone is 2. The van der Waals surface area contributed by atoms with Crippen molar-refractivity contribution in [2.45, 2.75) is 12.2 Å². The first-order valence-electron chi connectivity index (χ1n) is 11.1. The highest BCUT2D eigenvalue weighted by atomic mass is 16.2. The number of amides is 2. The Hall–Kier alpha value is -4.65. The Morgan fingerprint density at radius 2 is 1.65 bits per heavy atom. The van der Waals surface area contributed by atoms with Crippen LogP contribution in [0.1, 0.15) is 11.6 Å². The van der Waals surface area contributed by atoms with Gasteiger partial charge in [-0.1, -0.05) is 72.8 Å². The first-order chi connectivity index (χ1) is 16.8. The molecule has 0 spiro atoms. The lowest BCUT2D eigenvalue weighted by atomic mass is 10.1. The average Bonchev–Trinajstić information content (AvgIpc) is 3.44. The molecule has 166 valence electrons. The summed E-state index contributed by atoms with van der Waals surface area (Å²) in [6.07, 6.45) is 9.31. The minimum Gasteiger partial charge on any atom is -0.315 e. The van der Waals surface area contributed by atoms with Crippen LogP contribution in [0.15, 0.2) is 114 Å². The number of urea groups is 1. The number of benzene rings is 2. The van der Waals surface area contributed by atoms with E-state index in [4.69, 9.17) is 9.98 Å². The number of carbonyl (C=O) groups is 1. The van der Waals surface area contributed by atoms with Gasteiger partial charge in [0.25, 0.3) is 0 Å². The van der Waals surface area contributed by atoms with Crippen molar-refractivity contribution in [3.8, 4) is 11.3 Å². The van der Waals surface area contributed by atoms with Crippen LogP contribution in [-0.4, -0.2) is 32.3 Å². The fourth-order valence-electron chi connectivity index (χ4n) is 4.40. The van der Waals surface area contributed by atoms with Crippen molar-refractivity contribution in [1.29, 1.82) is 0 Å². The number of amidine groups is 1. The lowest BCUT2D eigenvalue weighted by molar-refractivity contribution is 0.236. The van der Waals surface area contributed by atoms with Crippen LogP contribution >= 0.6 is 0 Å². The summed E-state index contributed by atoms with van der Waals surface area (Å²) in [5, 5.41) is 6.20. The molecule has 4 heterocycles. The van der Waals surface area contributed by atoms with E-state index in [-0.39, 0.29) is 18.2 Å². The second-order valence-corrected chi connectivity index (χ2v) is 8.10. The van der Waals surface area contributed by atoms with E-state index >= 15 is 0 Å². The smallest absolute Gasteiger partial charge is 0.315 e. The number of hydrogen-bond donors (Lipinski definition) is 2. The molecule has 2 N–H and O–H groups in total. The maximum atomic E-state index is 13.4. The monoisotopic (exact) mass is 446 g/mol. The van der Waals surface area contributed by atoms with Gasteiger partial charge in [-0.25, -0.2) is 9.78 Å². The SMILES string of the molecule is O=C(Nc1c(-c2ccccc2)nc2ccccn12)NC1C(c2ccccc2)N=C2C=CC=CN21. The van der Waals surface area contributed by atoms with E-state index in [2.05, 4.69) is 10.6 Å². The van der Waals surface area contributed by atoms with Crippen LogP contribution in [0.3, 0.4) is 0 Å². The van der Waals surface area contributed by atoms with Crippen LogP contribution in [0, 0.1) is 0 Å². The number of imidazole rings is 1. The molecule has 7 nitrogen and oxygen atoms in total. The zero-order valence-corrected chi connectivity index (χ0v) is 18.2. The Morgan fingerprint density at radius 1 is 0.882 bits per heavy atom. The van der Waals surface area contributed by atoms with Crippen molar-refractivity contribution in [3.63, 3.8) is 0 Å². The highest BCUT2D eigenvalue weighted by molar-refractivity contribution is 5.98. The second kappa shape index (κ2) is 8.37. The van der Waals surface area contributed by atoms with Gasteiger partial charge in [0.05, 0.1) is 0 Å². The van der Waals surface area contributed by atoms with Crippen LogP contribution in [0.2, 0.25) is 0 Å². The largest absolute Gasteiger partial charge is 0.322 e. The predicted octanol–water partition coefficient (Wildman–Crippen LogP) is 4.99. The van der Waals surface area contributed by atoms with Crippen LogP contribution in [0.4, 0.5) is 10.6 Å². The fourth-order valence-corrected chi connectivity index (χ4v) is 4.40. The minimum absolute atomic E-state index is 0.231. The van der Waals surface area contributed by atoms with Gasteiger partial charge in [-0.05, 0) is 29.8 Å². The quantitative estimate of drug-likeness (QED) is 0.464. The van der Waals surface area contributed by atoms with Crippen molar-refractivity contribution in [2.24, 2.45) is 4.99 Å². The van der Waals surface area contributed by atoms with Gasteiger partial charge in [-0.15, -0.1) is 0 Å². The summed E-state index contributed by atoms with van der Waals surface area (Å²) in [4.78, 5) is 25.0. The highest BCUT2D eigenvalue weighted by Gasteiger charge is 2.37. The molecule has 0 saturated heterocycles. The molecule has 0 radical (unpaired) electrons. The lowest BCUT2D eigenvalue weighted by Crippen LogP contribution is -2.48. The van der Waals surface area contributed by atoms with Crippen LogP contribution in [-0.2, 0) is 0 Å². The molecule has 2 aromatic carbocycles. The molecular weight excluding hydrogens is 424 g/mol. The van der Waals surface area contributed by atoms with E-state index in [1.54, 1.807) is 0 Å². The summed E-state index contributed by atoms with van der Waals surface area (Å²) in [5.74, 6) is 1.44. The fraction of sp³-hybridized carbons (Fsp3) is 0.0741. The number of aliphatic imine (C=N–C) groups is 1. The van der Waals surface area contributed by atoms with Gasteiger partial charge in [-0.2, -0.15) is 0 Å². The summed E-state index contributed by atoms with van der Waals surface area (Å²) in [6.45, 7) is 0. The molecule has 0 aliphatic carbocycles. The highest BCUT2D eigenvalue weighted by Crippen LogP contribution is 2.32. The average molecular weight is 447 g/mol. The summed E-state index contributed by atoms with van der Waals surface area (Å²) in [5.41, 5.74) is 3.44. The van der Waals surface area contributed by atoms with Gasteiger partial charge >= 0.3 is 6.03 Å².